The first kappa shape index (κ1) is 19.9. The summed E-state index contributed by atoms with van der Waals surface area (Å²) in [5.74, 6) is 0.860. The van der Waals surface area contributed by atoms with Crippen molar-refractivity contribution in [3.63, 3.8) is 0 Å². The first-order chi connectivity index (χ1) is 13.8. The second kappa shape index (κ2) is 7.46. The number of ether oxygens (including phenoxy) is 1. The first-order valence-electron chi connectivity index (χ1n) is 10.4. The van der Waals surface area contributed by atoms with Crippen LogP contribution in [0.4, 0.5) is 0 Å². The predicted molar refractivity (Wildman–Crippen MR) is 111 cm³/mol. The number of carbonyl (C=O) groups excluding carboxylic acids is 1. The summed E-state index contributed by atoms with van der Waals surface area (Å²) in [6, 6.07) is 7.68. The maximum Gasteiger partial charge on any atom is 0.239 e. The predicted octanol–water partition coefficient (Wildman–Crippen LogP) is 2.85. The van der Waals surface area contributed by atoms with Crippen molar-refractivity contribution < 1.29 is 9.53 Å². The van der Waals surface area contributed by atoms with Gasteiger partial charge in [-0.1, -0.05) is 18.2 Å². The number of benzene rings is 1. The summed E-state index contributed by atoms with van der Waals surface area (Å²) in [7, 11) is 0. The number of rotatable bonds is 4. The van der Waals surface area contributed by atoms with Crippen molar-refractivity contribution >= 4 is 5.91 Å². The molecule has 0 radical (unpaired) electrons. The largest absolute Gasteiger partial charge is 0.487 e. The molecular weight excluding hydrogens is 366 g/mol. The van der Waals surface area contributed by atoms with E-state index in [4.69, 9.17) is 4.74 Å². The zero-order valence-corrected chi connectivity index (χ0v) is 17.9. The van der Waals surface area contributed by atoms with Crippen molar-refractivity contribution in [3.8, 4) is 5.75 Å². The van der Waals surface area contributed by atoms with Crippen molar-refractivity contribution in [1.82, 2.24) is 25.9 Å². The van der Waals surface area contributed by atoms with E-state index >= 15 is 0 Å². The van der Waals surface area contributed by atoms with Crippen LogP contribution in [-0.4, -0.2) is 27.3 Å². The molecule has 1 saturated heterocycles. The van der Waals surface area contributed by atoms with E-state index in [-0.39, 0.29) is 29.6 Å². The van der Waals surface area contributed by atoms with E-state index in [0.717, 1.165) is 35.7 Å². The van der Waals surface area contributed by atoms with Gasteiger partial charge >= 0.3 is 0 Å². The molecule has 7 nitrogen and oxygen atoms in total. The lowest BCUT2D eigenvalue weighted by Crippen LogP contribution is -2.47. The van der Waals surface area contributed by atoms with E-state index in [2.05, 4.69) is 49.0 Å². The minimum atomic E-state index is -0.320. The molecule has 1 aromatic heterocycles. The van der Waals surface area contributed by atoms with Gasteiger partial charge in [-0.15, -0.1) is 0 Å². The highest BCUT2D eigenvalue weighted by molar-refractivity contribution is 5.82. The Morgan fingerprint density at radius 1 is 1.31 bits per heavy atom. The summed E-state index contributed by atoms with van der Waals surface area (Å²) in [5, 5.41) is 7.86. The van der Waals surface area contributed by atoms with Crippen LogP contribution in [0, 0.1) is 13.8 Å². The molecule has 0 saturated carbocycles. The summed E-state index contributed by atoms with van der Waals surface area (Å²) in [6.45, 7) is 11.2. The molecule has 2 aromatic rings. The van der Waals surface area contributed by atoms with Gasteiger partial charge in [0.2, 0.25) is 5.91 Å². The Kier molecular flexibility index (Phi) is 5.12. The number of carbonyl (C=O) groups is 1. The monoisotopic (exact) mass is 397 g/mol. The Labute approximate surface area is 172 Å². The van der Waals surface area contributed by atoms with E-state index in [0.29, 0.717) is 6.42 Å². The van der Waals surface area contributed by atoms with Crippen LogP contribution in [0.15, 0.2) is 24.3 Å². The highest BCUT2D eigenvalue weighted by Gasteiger charge is 2.38. The summed E-state index contributed by atoms with van der Waals surface area (Å²) in [4.78, 5) is 13.1. The third kappa shape index (κ3) is 3.76. The van der Waals surface area contributed by atoms with Crippen LogP contribution in [0.2, 0.25) is 0 Å². The van der Waals surface area contributed by atoms with Crippen LogP contribution in [0.3, 0.4) is 0 Å². The number of hydrazine groups is 1. The van der Waals surface area contributed by atoms with Gasteiger partial charge in [0.05, 0.1) is 17.8 Å². The first-order valence-corrected chi connectivity index (χ1v) is 10.4. The third-order valence-electron chi connectivity index (χ3n) is 6.00. The summed E-state index contributed by atoms with van der Waals surface area (Å²) >= 11 is 0. The lowest BCUT2D eigenvalue weighted by molar-refractivity contribution is -0.124. The molecule has 1 aromatic carbocycles. The van der Waals surface area contributed by atoms with Gasteiger partial charge in [0.15, 0.2) is 0 Å². The van der Waals surface area contributed by atoms with Gasteiger partial charge < -0.3 is 10.1 Å². The van der Waals surface area contributed by atoms with Crippen LogP contribution in [-0.2, 0) is 11.3 Å². The van der Waals surface area contributed by atoms with E-state index in [1.807, 2.05) is 35.9 Å². The average molecular weight is 398 g/mol. The van der Waals surface area contributed by atoms with Gasteiger partial charge in [0, 0.05) is 29.8 Å². The number of aryl methyl sites for hydroxylation is 2. The van der Waals surface area contributed by atoms with Crippen LogP contribution in [0.25, 0.3) is 0 Å². The lowest BCUT2D eigenvalue weighted by atomic mass is 9.89. The summed E-state index contributed by atoms with van der Waals surface area (Å²) in [6.07, 6.45) is 1.43. The van der Waals surface area contributed by atoms with Crippen LogP contribution in [0.5, 0.6) is 5.75 Å². The SMILES string of the molecule is CCn1nc(C)c(C2CC(C(=O)NC3CC(C)(C)Oc4ccccc43)NN2)c1C. The van der Waals surface area contributed by atoms with Gasteiger partial charge in [-0.25, -0.2) is 10.9 Å². The van der Waals surface area contributed by atoms with E-state index in [1.165, 1.54) is 5.56 Å². The number of amides is 1. The quantitative estimate of drug-likeness (QED) is 0.739. The fraction of sp³-hybridized carbons (Fsp3) is 0.545. The Morgan fingerprint density at radius 3 is 2.79 bits per heavy atom. The summed E-state index contributed by atoms with van der Waals surface area (Å²) in [5.41, 5.74) is 10.6. The smallest absolute Gasteiger partial charge is 0.239 e. The highest BCUT2D eigenvalue weighted by atomic mass is 16.5. The Bertz CT molecular complexity index is 920. The molecule has 1 amide bonds. The number of aromatic nitrogens is 2. The minimum absolute atomic E-state index is 0.00990. The second-order valence-corrected chi connectivity index (χ2v) is 8.69. The number of hydrogen-bond donors (Lipinski definition) is 3. The zero-order chi connectivity index (χ0) is 20.8. The molecule has 0 aliphatic carbocycles. The van der Waals surface area contributed by atoms with Gasteiger partial charge in [-0.2, -0.15) is 5.10 Å². The topological polar surface area (TPSA) is 80.2 Å². The minimum Gasteiger partial charge on any atom is -0.487 e. The van der Waals surface area contributed by atoms with Crippen molar-refractivity contribution in [2.45, 2.75) is 77.7 Å². The molecule has 0 spiro atoms. The van der Waals surface area contributed by atoms with Gasteiger partial charge in [0.1, 0.15) is 17.4 Å². The number of fused-ring (bicyclic) bond motifs is 1. The van der Waals surface area contributed by atoms with Crippen LogP contribution >= 0.6 is 0 Å². The number of para-hydroxylation sites is 1. The fourth-order valence-electron chi connectivity index (χ4n) is 4.64. The molecule has 0 bridgehead atoms. The van der Waals surface area contributed by atoms with Gasteiger partial charge in [0.25, 0.3) is 0 Å². The average Bonchev–Trinajstić information content (AvgIpc) is 3.25. The normalized spacial score (nSPS) is 25.3. The van der Waals surface area contributed by atoms with E-state index in [1.54, 1.807) is 0 Å². The van der Waals surface area contributed by atoms with Gasteiger partial charge in [-0.3, -0.25) is 9.48 Å². The second-order valence-electron chi connectivity index (χ2n) is 8.69. The molecule has 3 unspecified atom stereocenters. The number of hydrogen-bond acceptors (Lipinski definition) is 5. The Hall–Kier alpha value is -2.38. The van der Waals surface area contributed by atoms with Gasteiger partial charge in [-0.05, 0) is 47.1 Å². The molecule has 29 heavy (non-hydrogen) atoms. The Morgan fingerprint density at radius 2 is 2.07 bits per heavy atom. The fourth-order valence-corrected chi connectivity index (χ4v) is 4.64. The molecule has 3 N–H and O–H groups in total. The number of nitrogens with zero attached hydrogens (tertiary/aromatic N) is 2. The standard InChI is InChI=1S/C22H31N5O2/c1-6-27-14(3)20(13(2)26-27)16-11-17(25-24-16)21(28)23-18-12-22(4,5)29-19-10-8-7-9-15(18)19/h7-10,16-18,24-25H,6,11-12H2,1-5H3,(H,23,28). The maximum atomic E-state index is 13.1. The molecular formula is C22H31N5O2. The third-order valence-corrected chi connectivity index (χ3v) is 6.00. The Balaban J connectivity index is 1.47. The van der Waals surface area contributed by atoms with Crippen LogP contribution < -0.4 is 20.9 Å². The van der Waals surface area contributed by atoms with Crippen LogP contribution in [0.1, 0.15) is 68.2 Å². The van der Waals surface area contributed by atoms with Crippen molar-refractivity contribution in [2.24, 2.45) is 0 Å². The van der Waals surface area contributed by atoms with E-state index < -0.39 is 0 Å². The molecule has 3 atom stereocenters. The molecule has 2 aliphatic heterocycles. The molecule has 2 aliphatic rings. The molecule has 1 fully saturated rings. The van der Waals surface area contributed by atoms with Crippen molar-refractivity contribution in [1.29, 1.82) is 0 Å². The lowest BCUT2D eigenvalue weighted by Gasteiger charge is -2.38. The highest BCUT2D eigenvalue weighted by Crippen LogP contribution is 2.39. The molecule has 156 valence electrons. The number of nitrogens with one attached hydrogen (secondary N) is 3. The van der Waals surface area contributed by atoms with Crippen molar-refractivity contribution in [3.05, 3.63) is 46.8 Å². The molecule has 3 heterocycles. The van der Waals surface area contributed by atoms with E-state index in [9.17, 15) is 4.79 Å². The zero-order valence-electron chi connectivity index (χ0n) is 17.9. The molecule has 4 rings (SSSR count). The maximum absolute atomic E-state index is 13.1. The molecule has 7 heteroatoms. The van der Waals surface area contributed by atoms with Crippen molar-refractivity contribution in [2.75, 3.05) is 0 Å². The summed E-state index contributed by atoms with van der Waals surface area (Å²) < 4.78 is 8.10.